The van der Waals surface area contributed by atoms with Gasteiger partial charge in [0.1, 0.15) is 0 Å². The van der Waals surface area contributed by atoms with Crippen molar-refractivity contribution < 1.29 is 12.6 Å². The van der Waals surface area contributed by atoms with Crippen molar-refractivity contribution in [3.8, 4) is 0 Å². The van der Waals surface area contributed by atoms with Crippen LogP contribution in [0.2, 0.25) is 0 Å². The summed E-state index contributed by atoms with van der Waals surface area (Å²) in [6.45, 7) is 3.60. The van der Waals surface area contributed by atoms with Gasteiger partial charge in [-0.1, -0.05) is 35.9 Å². The molecule has 0 fully saturated rings. The molecular weight excluding hydrogens is 330 g/mol. The SMILES string of the molecule is Cc1ccc(S(=O)(=O)n2c(C)c(S(C)=O)c3ccccc32)cc1. The summed E-state index contributed by atoms with van der Waals surface area (Å²) in [4.78, 5) is 0.789. The molecule has 1 atom stereocenters. The zero-order chi connectivity index (χ0) is 16.8. The second kappa shape index (κ2) is 5.62. The highest BCUT2D eigenvalue weighted by molar-refractivity contribution is 7.90. The lowest BCUT2D eigenvalue weighted by Gasteiger charge is -2.10. The van der Waals surface area contributed by atoms with E-state index in [0.29, 0.717) is 21.5 Å². The van der Waals surface area contributed by atoms with Gasteiger partial charge in [-0.15, -0.1) is 0 Å². The summed E-state index contributed by atoms with van der Waals surface area (Å²) in [7, 11) is -5.02. The predicted octanol–water partition coefficient (Wildman–Crippen LogP) is 3.23. The highest BCUT2D eigenvalue weighted by Crippen LogP contribution is 2.31. The molecule has 0 aliphatic heterocycles. The molecule has 0 aliphatic carbocycles. The number of nitrogens with zero attached hydrogens (tertiary/aromatic N) is 1. The number of fused-ring (bicyclic) bond motifs is 1. The van der Waals surface area contributed by atoms with Gasteiger partial charge in [0.15, 0.2) is 0 Å². The summed E-state index contributed by atoms with van der Waals surface area (Å²) >= 11 is 0. The van der Waals surface area contributed by atoms with E-state index in [1.807, 2.05) is 13.0 Å². The van der Waals surface area contributed by atoms with Crippen LogP contribution in [0.25, 0.3) is 10.9 Å². The number of hydrogen-bond acceptors (Lipinski definition) is 3. The third kappa shape index (κ3) is 2.52. The van der Waals surface area contributed by atoms with Crippen molar-refractivity contribution in [3.63, 3.8) is 0 Å². The van der Waals surface area contributed by atoms with Crippen LogP contribution >= 0.6 is 0 Å². The maximum Gasteiger partial charge on any atom is 0.268 e. The molecule has 1 unspecified atom stereocenters. The Kier molecular flexibility index (Phi) is 3.90. The lowest BCUT2D eigenvalue weighted by atomic mass is 10.2. The molecule has 1 heterocycles. The zero-order valence-corrected chi connectivity index (χ0v) is 14.7. The molecule has 0 saturated heterocycles. The van der Waals surface area contributed by atoms with Gasteiger partial charge in [0.25, 0.3) is 10.0 Å². The molecule has 3 rings (SSSR count). The fraction of sp³-hybridized carbons (Fsp3) is 0.176. The number of para-hydroxylation sites is 1. The predicted molar refractivity (Wildman–Crippen MR) is 92.8 cm³/mol. The van der Waals surface area contributed by atoms with Crippen molar-refractivity contribution in [2.75, 3.05) is 6.26 Å². The minimum atomic E-state index is -3.74. The smallest absolute Gasteiger partial charge is 0.255 e. The van der Waals surface area contributed by atoms with Gasteiger partial charge < -0.3 is 0 Å². The highest BCUT2D eigenvalue weighted by Gasteiger charge is 2.25. The Balaban J connectivity index is 2.38. The van der Waals surface area contributed by atoms with Gasteiger partial charge in [0.05, 0.1) is 26.1 Å². The molecule has 0 spiro atoms. The lowest BCUT2D eigenvalue weighted by molar-refractivity contribution is 0.587. The first-order valence-corrected chi connectivity index (χ1v) is 10.1. The second-order valence-corrected chi connectivity index (χ2v) is 8.57. The first-order chi connectivity index (χ1) is 10.8. The standard InChI is InChI=1S/C17H17NO3S2/c1-12-8-10-14(11-9-12)23(20,21)18-13(2)17(22(3)19)15-6-4-5-7-16(15)18/h4-11H,1-3H3. The Morgan fingerprint density at radius 3 is 2.17 bits per heavy atom. The summed E-state index contributed by atoms with van der Waals surface area (Å²) in [5.74, 6) is 0. The van der Waals surface area contributed by atoms with Crippen molar-refractivity contribution in [3.05, 3.63) is 59.8 Å². The summed E-state index contributed by atoms with van der Waals surface area (Å²) in [6.07, 6.45) is 1.57. The number of aryl methyl sites for hydroxylation is 1. The molecule has 2 aromatic carbocycles. The maximum atomic E-state index is 13.1. The van der Waals surface area contributed by atoms with Gasteiger partial charge in [0, 0.05) is 17.3 Å². The fourth-order valence-electron chi connectivity index (χ4n) is 2.80. The van der Waals surface area contributed by atoms with Gasteiger partial charge >= 0.3 is 0 Å². The minimum Gasteiger partial charge on any atom is -0.255 e. The monoisotopic (exact) mass is 347 g/mol. The maximum absolute atomic E-state index is 13.1. The first kappa shape index (κ1) is 16.0. The van der Waals surface area contributed by atoms with E-state index in [1.165, 1.54) is 3.97 Å². The molecular formula is C17H17NO3S2. The summed E-state index contributed by atoms with van der Waals surface area (Å²) in [5.41, 5.74) is 2.04. The third-order valence-electron chi connectivity index (χ3n) is 3.85. The number of aromatic nitrogens is 1. The van der Waals surface area contributed by atoms with Crippen LogP contribution in [0.1, 0.15) is 11.3 Å². The average molecular weight is 347 g/mol. The second-order valence-electron chi connectivity index (χ2n) is 5.47. The van der Waals surface area contributed by atoms with E-state index in [1.54, 1.807) is 55.6 Å². The summed E-state index contributed by atoms with van der Waals surface area (Å²) < 4.78 is 39.6. The van der Waals surface area contributed by atoms with Gasteiger partial charge in [0.2, 0.25) is 0 Å². The largest absolute Gasteiger partial charge is 0.268 e. The van der Waals surface area contributed by atoms with Crippen molar-refractivity contribution in [2.24, 2.45) is 0 Å². The Labute approximate surface area is 138 Å². The van der Waals surface area contributed by atoms with E-state index in [9.17, 15) is 12.6 Å². The molecule has 0 amide bonds. The van der Waals surface area contributed by atoms with E-state index in [2.05, 4.69) is 0 Å². The average Bonchev–Trinajstić information content (AvgIpc) is 2.80. The third-order valence-corrected chi connectivity index (χ3v) is 6.76. The summed E-state index contributed by atoms with van der Waals surface area (Å²) in [5, 5.41) is 0.710. The van der Waals surface area contributed by atoms with Crippen LogP contribution in [0.4, 0.5) is 0 Å². The number of benzene rings is 2. The highest BCUT2D eigenvalue weighted by atomic mass is 32.2. The molecule has 3 aromatic rings. The number of hydrogen-bond donors (Lipinski definition) is 0. The van der Waals surface area contributed by atoms with Crippen molar-refractivity contribution in [1.29, 1.82) is 0 Å². The molecule has 0 bridgehead atoms. The Morgan fingerprint density at radius 2 is 1.57 bits per heavy atom. The van der Waals surface area contributed by atoms with Crippen molar-refractivity contribution in [1.82, 2.24) is 3.97 Å². The molecule has 4 nitrogen and oxygen atoms in total. The van der Waals surface area contributed by atoms with Gasteiger partial charge in [-0.3, -0.25) is 4.21 Å². The van der Waals surface area contributed by atoms with Crippen molar-refractivity contribution in [2.45, 2.75) is 23.6 Å². The van der Waals surface area contributed by atoms with E-state index in [0.717, 1.165) is 5.56 Å². The zero-order valence-electron chi connectivity index (χ0n) is 13.1. The van der Waals surface area contributed by atoms with Gasteiger partial charge in [-0.2, -0.15) is 0 Å². The van der Waals surface area contributed by atoms with E-state index in [4.69, 9.17) is 0 Å². The van der Waals surface area contributed by atoms with Crippen LogP contribution < -0.4 is 0 Å². The normalized spacial score (nSPS) is 13.3. The van der Waals surface area contributed by atoms with Crippen LogP contribution in [-0.4, -0.2) is 22.9 Å². The van der Waals surface area contributed by atoms with Gasteiger partial charge in [-0.05, 0) is 32.0 Å². The molecule has 0 radical (unpaired) electrons. The molecule has 23 heavy (non-hydrogen) atoms. The van der Waals surface area contributed by atoms with Crippen LogP contribution in [0.5, 0.6) is 0 Å². The molecule has 0 saturated carbocycles. The molecule has 0 aliphatic rings. The van der Waals surface area contributed by atoms with Crippen LogP contribution in [-0.2, 0) is 20.8 Å². The Hall–Kier alpha value is -1.92. The minimum absolute atomic E-state index is 0.223. The summed E-state index contributed by atoms with van der Waals surface area (Å²) in [6, 6.07) is 13.9. The Bertz CT molecular complexity index is 1020. The molecule has 0 N–H and O–H groups in total. The quantitative estimate of drug-likeness (QED) is 0.731. The molecule has 6 heteroatoms. The van der Waals surface area contributed by atoms with E-state index >= 15 is 0 Å². The van der Waals surface area contributed by atoms with Crippen LogP contribution in [0.15, 0.2) is 58.3 Å². The Morgan fingerprint density at radius 1 is 0.957 bits per heavy atom. The van der Waals surface area contributed by atoms with Crippen LogP contribution in [0.3, 0.4) is 0 Å². The number of rotatable bonds is 3. The lowest BCUT2D eigenvalue weighted by Crippen LogP contribution is -2.14. The van der Waals surface area contributed by atoms with E-state index < -0.39 is 20.8 Å². The molecule has 1 aromatic heterocycles. The van der Waals surface area contributed by atoms with E-state index in [-0.39, 0.29) is 4.90 Å². The first-order valence-electron chi connectivity index (χ1n) is 7.10. The van der Waals surface area contributed by atoms with Crippen molar-refractivity contribution >= 4 is 31.7 Å². The molecule has 120 valence electrons. The fourth-order valence-corrected chi connectivity index (χ4v) is 5.41. The van der Waals surface area contributed by atoms with Gasteiger partial charge in [-0.25, -0.2) is 12.4 Å². The topological polar surface area (TPSA) is 56.1 Å². The van der Waals surface area contributed by atoms with Crippen LogP contribution in [0, 0.1) is 13.8 Å².